The maximum atomic E-state index is 12.3. The van der Waals surface area contributed by atoms with E-state index < -0.39 is 6.10 Å². The first-order valence-corrected chi connectivity index (χ1v) is 7.70. The molecular weight excluding hydrogens is 282 g/mol. The minimum absolute atomic E-state index is 0.0597. The van der Waals surface area contributed by atoms with Gasteiger partial charge in [0.1, 0.15) is 6.10 Å². The van der Waals surface area contributed by atoms with Crippen LogP contribution in [0.15, 0.2) is 18.5 Å². The lowest BCUT2D eigenvalue weighted by molar-refractivity contribution is -0.143. The number of amides is 2. The van der Waals surface area contributed by atoms with Crippen molar-refractivity contribution >= 4 is 17.5 Å². The Labute approximate surface area is 130 Å². The zero-order chi connectivity index (χ0) is 15.9. The predicted octanol–water partition coefficient (Wildman–Crippen LogP) is 1.61. The van der Waals surface area contributed by atoms with E-state index in [9.17, 15) is 9.59 Å². The number of carbonyl (C=O) groups excluding carboxylic acids is 2. The van der Waals surface area contributed by atoms with E-state index in [-0.39, 0.29) is 18.4 Å². The molecule has 0 bridgehead atoms. The standard InChI is InChI=1S/C16H23N3O3/c1-3-12-10-17-8-7-13(12)18-15(20)11-19-9-5-4-6-14(22-2)16(19)21/h7-8,10,14H,3-6,9,11H2,1-2H3,(H,17,18,20). The van der Waals surface area contributed by atoms with E-state index in [1.54, 1.807) is 23.4 Å². The second-order valence-electron chi connectivity index (χ2n) is 5.41. The van der Waals surface area contributed by atoms with E-state index in [1.807, 2.05) is 6.92 Å². The molecule has 1 unspecified atom stereocenters. The molecule has 0 aliphatic carbocycles. The summed E-state index contributed by atoms with van der Waals surface area (Å²) in [6.45, 7) is 2.67. The van der Waals surface area contributed by atoms with Crippen LogP contribution in [0.5, 0.6) is 0 Å². The molecular formula is C16H23N3O3. The summed E-state index contributed by atoms with van der Waals surface area (Å²) in [4.78, 5) is 30.2. The van der Waals surface area contributed by atoms with Gasteiger partial charge in [0.15, 0.2) is 0 Å². The van der Waals surface area contributed by atoms with Crippen LogP contribution in [0.1, 0.15) is 31.7 Å². The zero-order valence-electron chi connectivity index (χ0n) is 13.2. The molecule has 0 aromatic carbocycles. The summed E-state index contributed by atoms with van der Waals surface area (Å²) in [5.74, 6) is -0.286. The number of rotatable bonds is 5. The van der Waals surface area contributed by atoms with E-state index in [0.29, 0.717) is 6.54 Å². The highest BCUT2D eigenvalue weighted by molar-refractivity contribution is 5.95. The van der Waals surface area contributed by atoms with Gasteiger partial charge in [-0.3, -0.25) is 14.6 Å². The Bertz CT molecular complexity index is 533. The molecule has 120 valence electrons. The molecule has 1 fully saturated rings. The Kier molecular flexibility index (Phi) is 5.89. The fraction of sp³-hybridized carbons (Fsp3) is 0.562. The van der Waals surface area contributed by atoms with E-state index in [1.165, 1.54) is 7.11 Å². The molecule has 1 saturated heterocycles. The minimum Gasteiger partial charge on any atom is -0.372 e. The number of aromatic nitrogens is 1. The lowest BCUT2D eigenvalue weighted by Crippen LogP contribution is -2.43. The Hall–Kier alpha value is -1.95. The number of nitrogens with zero attached hydrogens (tertiary/aromatic N) is 2. The first kappa shape index (κ1) is 16.4. The van der Waals surface area contributed by atoms with Gasteiger partial charge in [-0.1, -0.05) is 6.92 Å². The zero-order valence-corrected chi connectivity index (χ0v) is 13.2. The number of ether oxygens (including phenoxy) is 1. The summed E-state index contributed by atoms with van der Waals surface area (Å²) < 4.78 is 5.22. The van der Waals surface area contributed by atoms with Gasteiger partial charge < -0.3 is 15.0 Å². The summed E-state index contributed by atoms with van der Waals surface area (Å²) >= 11 is 0. The third-order valence-corrected chi connectivity index (χ3v) is 3.91. The van der Waals surface area contributed by atoms with Gasteiger partial charge in [-0.05, 0) is 37.3 Å². The number of hydrogen-bond acceptors (Lipinski definition) is 4. The van der Waals surface area contributed by atoms with Crippen molar-refractivity contribution in [2.75, 3.05) is 25.5 Å². The van der Waals surface area contributed by atoms with Gasteiger partial charge in [0, 0.05) is 31.7 Å². The van der Waals surface area contributed by atoms with Gasteiger partial charge in [0.05, 0.1) is 6.54 Å². The molecule has 1 atom stereocenters. The average Bonchev–Trinajstić information content (AvgIpc) is 2.70. The second kappa shape index (κ2) is 7.89. The monoisotopic (exact) mass is 305 g/mol. The van der Waals surface area contributed by atoms with Crippen LogP contribution < -0.4 is 5.32 Å². The lowest BCUT2D eigenvalue weighted by atomic mass is 10.2. The molecule has 0 radical (unpaired) electrons. The van der Waals surface area contributed by atoms with Gasteiger partial charge in [-0.15, -0.1) is 0 Å². The Morgan fingerprint density at radius 1 is 1.50 bits per heavy atom. The van der Waals surface area contributed by atoms with Crippen LogP contribution in [-0.2, 0) is 20.7 Å². The van der Waals surface area contributed by atoms with E-state index >= 15 is 0 Å². The summed E-state index contributed by atoms with van der Waals surface area (Å²) in [6.07, 6.45) is 6.30. The first-order chi connectivity index (χ1) is 10.7. The molecule has 22 heavy (non-hydrogen) atoms. The topological polar surface area (TPSA) is 71.5 Å². The molecule has 2 amide bonds. The molecule has 1 aromatic heterocycles. The highest BCUT2D eigenvalue weighted by Gasteiger charge is 2.28. The van der Waals surface area contributed by atoms with Crippen molar-refractivity contribution < 1.29 is 14.3 Å². The highest BCUT2D eigenvalue weighted by Crippen LogP contribution is 2.16. The van der Waals surface area contributed by atoms with Crippen LogP contribution in [0.2, 0.25) is 0 Å². The van der Waals surface area contributed by atoms with Crippen LogP contribution >= 0.6 is 0 Å². The molecule has 1 aliphatic rings. The largest absolute Gasteiger partial charge is 0.372 e. The summed E-state index contributed by atoms with van der Waals surface area (Å²) in [7, 11) is 1.54. The minimum atomic E-state index is -0.428. The maximum absolute atomic E-state index is 12.3. The Balaban J connectivity index is 2.00. The highest BCUT2D eigenvalue weighted by atomic mass is 16.5. The summed E-state index contributed by atoms with van der Waals surface area (Å²) in [6, 6.07) is 1.78. The fourth-order valence-electron chi connectivity index (χ4n) is 2.64. The van der Waals surface area contributed by atoms with E-state index in [2.05, 4.69) is 10.3 Å². The van der Waals surface area contributed by atoms with Crippen LogP contribution in [0.4, 0.5) is 5.69 Å². The fourth-order valence-corrected chi connectivity index (χ4v) is 2.64. The number of pyridine rings is 1. The van der Waals surface area contributed by atoms with Crippen molar-refractivity contribution in [2.24, 2.45) is 0 Å². The maximum Gasteiger partial charge on any atom is 0.252 e. The second-order valence-corrected chi connectivity index (χ2v) is 5.41. The van der Waals surface area contributed by atoms with Crippen molar-refractivity contribution in [3.63, 3.8) is 0 Å². The van der Waals surface area contributed by atoms with Crippen LogP contribution in [0.25, 0.3) is 0 Å². The predicted molar refractivity (Wildman–Crippen MR) is 83.5 cm³/mol. The Morgan fingerprint density at radius 3 is 3.05 bits per heavy atom. The summed E-state index contributed by atoms with van der Waals surface area (Å²) in [5, 5.41) is 2.87. The number of aryl methyl sites for hydroxylation is 1. The molecule has 2 rings (SSSR count). The molecule has 0 spiro atoms. The average molecular weight is 305 g/mol. The number of anilines is 1. The van der Waals surface area contributed by atoms with Crippen molar-refractivity contribution in [2.45, 2.75) is 38.7 Å². The first-order valence-electron chi connectivity index (χ1n) is 7.70. The van der Waals surface area contributed by atoms with Crippen molar-refractivity contribution in [1.29, 1.82) is 0 Å². The van der Waals surface area contributed by atoms with Crippen LogP contribution in [0, 0.1) is 0 Å². The molecule has 6 heteroatoms. The lowest BCUT2D eigenvalue weighted by Gasteiger charge is -2.23. The summed E-state index contributed by atoms with van der Waals surface area (Å²) in [5.41, 5.74) is 1.74. The van der Waals surface area contributed by atoms with Crippen molar-refractivity contribution in [3.05, 3.63) is 24.0 Å². The van der Waals surface area contributed by atoms with E-state index in [0.717, 1.165) is 36.9 Å². The molecule has 1 aromatic rings. The number of carbonyl (C=O) groups is 2. The molecule has 1 aliphatic heterocycles. The molecule has 0 saturated carbocycles. The number of nitrogens with one attached hydrogen (secondary N) is 1. The third-order valence-electron chi connectivity index (χ3n) is 3.91. The van der Waals surface area contributed by atoms with Crippen LogP contribution in [-0.4, -0.2) is 48.0 Å². The van der Waals surface area contributed by atoms with E-state index in [4.69, 9.17) is 4.74 Å². The van der Waals surface area contributed by atoms with Crippen molar-refractivity contribution in [3.8, 4) is 0 Å². The molecule has 1 N–H and O–H groups in total. The van der Waals surface area contributed by atoms with Crippen molar-refractivity contribution in [1.82, 2.24) is 9.88 Å². The Morgan fingerprint density at radius 2 is 2.32 bits per heavy atom. The molecule has 2 heterocycles. The number of hydrogen-bond donors (Lipinski definition) is 1. The van der Waals surface area contributed by atoms with Gasteiger partial charge in [0.25, 0.3) is 5.91 Å². The van der Waals surface area contributed by atoms with Crippen LogP contribution in [0.3, 0.4) is 0 Å². The number of methoxy groups -OCH3 is 1. The van der Waals surface area contributed by atoms with Gasteiger partial charge in [-0.25, -0.2) is 0 Å². The SMILES string of the molecule is CCc1cnccc1NC(=O)CN1CCCCC(OC)C1=O. The van der Waals surface area contributed by atoms with Gasteiger partial charge in [0.2, 0.25) is 5.91 Å². The smallest absolute Gasteiger partial charge is 0.252 e. The quantitative estimate of drug-likeness (QED) is 0.897. The third kappa shape index (κ3) is 4.04. The number of likely N-dealkylation sites (tertiary alicyclic amines) is 1. The van der Waals surface area contributed by atoms with Gasteiger partial charge in [-0.2, -0.15) is 0 Å². The normalized spacial score (nSPS) is 18.9. The van der Waals surface area contributed by atoms with Gasteiger partial charge >= 0.3 is 0 Å². The molecule has 6 nitrogen and oxygen atoms in total.